The molecule has 1 unspecified atom stereocenters. The van der Waals surface area contributed by atoms with Crippen LogP contribution in [0, 0.1) is 0 Å². The van der Waals surface area contributed by atoms with E-state index in [1.54, 1.807) is 13.1 Å². The van der Waals surface area contributed by atoms with Crippen molar-refractivity contribution in [1.82, 2.24) is 4.98 Å². The van der Waals surface area contributed by atoms with Gasteiger partial charge < -0.3 is 20.5 Å². The molecule has 3 N–H and O–H groups in total. The van der Waals surface area contributed by atoms with E-state index in [-0.39, 0.29) is 11.9 Å². The predicted octanol–water partition coefficient (Wildman–Crippen LogP) is 0.411. The summed E-state index contributed by atoms with van der Waals surface area (Å²) in [4.78, 5) is 17.8. The van der Waals surface area contributed by atoms with Crippen LogP contribution in [0.15, 0.2) is 12.3 Å². The zero-order valence-corrected chi connectivity index (χ0v) is 10.3. The van der Waals surface area contributed by atoms with E-state index in [4.69, 9.17) is 10.5 Å². The third kappa shape index (κ3) is 2.53. The van der Waals surface area contributed by atoms with E-state index in [1.165, 1.54) is 6.07 Å². The molecule has 0 aromatic carbocycles. The molecule has 1 aromatic rings. The number of aromatic nitrogens is 1. The maximum atomic E-state index is 11.9. The van der Waals surface area contributed by atoms with Crippen molar-refractivity contribution in [2.45, 2.75) is 19.4 Å². The van der Waals surface area contributed by atoms with Gasteiger partial charge in [-0.25, -0.2) is 9.78 Å². The molecule has 1 saturated heterocycles. The summed E-state index contributed by atoms with van der Waals surface area (Å²) in [5.41, 5.74) is 6.67. The third-order valence-corrected chi connectivity index (χ3v) is 2.90. The highest BCUT2D eigenvalue weighted by atomic mass is 16.5. The van der Waals surface area contributed by atoms with Crippen LogP contribution in [0.1, 0.15) is 23.7 Å². The summed E-state index contributed by atoms with van der Waals surface area (Å²) in [6, 6.07) is 1.51. The van der Waals surface area contributed by atoms with Crippen molar-refractivity contribution < 1.29 is 14.6 Å². The van der Waals surface area contributed by atoms with Crippen LogP contribution in [0.4, 0.5) is 11.5 Å². The number of β-amino-alcohol motifs (C(OH)–C–C–N with tert-alkyl or cyclic N) is 1. The van der Waals surface area contributed by atoms with Crippen LogP contribution in [0.5, 0.6) is 0 Å². The molecule has 6 heteroatoms. The monoisotopic (exact) mass is 251 g/mol. The lowest BCUT2D eigenvalue weighted by atomic mass is 10.2. The number of nitrogen functional groups attached to an aromatic ring is 1. The fourth-order valence-corrected chi connectivity index (χ4v) is 2.05. The zero-order valence-electron chi connectivity index (χ0n) is 10.3. The highest BCUT2D eigenvalue weighted by Gasteiger charge is 2.25. The Labute approximate surface area is 105 Å². The molecule has 1 atom stereocenters. The van der Waals surface area contributed by atoms with Gasteiger partial charge in [0.1, 0.15) is 5.82 Å². The third-order valence-electron chi connectivity index (χ3n) is 2.90. The number of aliphatic hydroxyl groups is 1. The van der Waals surface area contributed by atoms with Crippen LogP contribution < -0.4 is 10.6 Å². The molecule has 2 heterocycles. The van der Waals surface area contributed by atoms with Gasteiger partial charge in [-0.3, -0.25) is 0 Å². The SMILES string of the molecule is CCOC(=O)c1cc(N)ncc1N1CCC(O)C1. The molecule has 2 rings (SSSR count). The lowest BCUT2D eigenvalue weighted by Crippen LogP contribution is -2.24. The Bertz CT molecular complexity index is 450. The molecule has 0 saturated carbocycles. The molecular weight excluding hydrogens is 234 g/mol. The number of nitrogens with zero attached hydrogens (tertiary/aromatic N) is 2. The number of hydrogen-bond donors (Lipinski definition) is 2. The smallest absolute Gasteiger partial charge is 0.340 e. The molecule has 0 radical (unpaired) electrons. The summed E-state index contributed by atoms with van der Waals surface area (Å²) < 4.78 is 5.00. The lowest BCUT2D eigenvalue weighted by molar-refractivity contribution is 0.0527. The van der Waals surface area contributed by atoms with Gasteiger partial charge in [-0.15, -0.1) is 0 Å². The van der Waals surface area contributed by atoms with Gasteiger partial charge in [-0.2, -0.15) is 0 Å². The number of nitrogens with two attached hydrogens (primary N) is 1. The van der Waals surface area contributed by atoms with Crippen molar-refractivity contribution in [3.05, 3.63) is 17.8 Å². The molecule has 18 heavy (non-hydrogen) atoms. The minimum Gasteiger partial charge on any atom is -0.462 e. The molecule has 1 fully saturated rings. The maximum Gasteiger partial charge on any atom is 0.340 e. The van der Waals surface area contributed by atoms with Gasteiger partial charge in [0.25, 0.3) is 0 Å². The number of ether oxygens (including phenoxy) is 1. The summed E-state index contributed by atoms with van der Waals surface area (Å²) in [7, 11) is 0. The second kappa shape index (κ2) is 5.22. The minimum atomic E-state index is -0.414. The maximum absolute atomic E-state index is 11.9. The number of pyridine rings is 1. The zero-order chi connectivity index (χ0) is 13.1. The number of carbonyl (C=O) groups excluding carboxylic acids is 1. The first-order valence-electron chi connectivity index (χ1n) is 5.97. The van der Waals surface area contributed by atoms with Gasteiger partial charge in [-0.05, 0) is 19.4 Å². The first-order chi connectivity index (χ1) is 8.61. The molecule has 6 nitrogen and oxygen atoms in total. The summed E-state index contributed by atoms with van der Waals surface area (Å²) in [6.45, 7) is 3.25. The fourth-order valence-electron chi connectivity index (χ4n) is 2.05. The van der Waals surface area contributed by atoms with Crippen LogP contribution >= 0.6 is 0 Å². The normalized spacial score (nSPS) is 19.0. The number of anilines is 2. The van der Waals surface area contributed by atoms with Gasteiger partial charge in [0.05, 0.1) is 30.2 Å². The highest BCUT2D eigenvalue weighted by molar-refractivity contribution is 5.96. The standard InChI is InChI=1S/C12H17N3O3/c1-2-18-12(17)9-5-11(13)14-6-10(9)15-4-3-8(16)7-15/h5-6,8,16H,2-4,7H2,1H3,(H2,13,14). The summed E-state index contributed by atoms with van der Waals surface area (Å²) in [5.74, 6) is -0.135. The van der Waals surface area contributed by atoms with E-state index in [0.717, 1.165) is 0 Å². The first kappa shape index (κ1) is 12.6. The van der Waals surface area contributed by atoms with E-state index >= 15 is 0 Å². The largest absolute Gasteiger partial charge is 0.462 e. The summed E-state index contributed by atoms with van der Waals surface area (Å²) in [6.07, 6.45) is 1.88. The predicted molar refractivity (Wildman–Crippen MR) is 67.4 cm³/mol. The van der Waals surface area contributed by atoms with Crippen molar-refractivity contribution in [3.63, 3.8) is 0 Å². The van der Waals surface area contributed by atoms with Crippen molar-refractivity contribution in [2.24, 2.45) is 0 Å². The van der Waals surface area contributed by atoms with Gasteiger partial charge in [0.15, 0.2) is 0 Å². The number of aliphatic hydroxyl groups excluding tert-OH is 1. The Morgan fingerprint density at radius 1 is 1.72 bits per heavy atom. The molecule has 0 amide bonds. The van der Waals surface area contributed by atoms with Gasteiger partial charge in [0.2, 0.25) is 0 Å². The molecule has 0 spiro atoms. The van der Waals surface area contributed by atoms with Gasteiger partial charge in [0, 0.05) is 13.1 Å². The first-order valence-corrected chi connectivity index (χ1v) is 5.97. The Morgan fingerprint density at radius 3 is 3.11 bits per heavy atom. The lowest BCUT2D eigenvalue weighted by Gasteiger charge is -2.20. The quantitative estimate of drug-likeness (QED) is 0.756. The number of carbonyl (C=O) groups is 1. The van der Waals surface area contributed by atoms with Crippen LogP contribution in [-0.2, 0) is 4.74 Å². The average molecular weight is 251 g/mol. The van der Waals surface area contributed by atoms with E-state index in [0.29, 0.717) is 37.4 Å². The van der Waals surface area contributed by atoms with Crippen LogP contribution in [-0.4, -0.2) is 41.9 Å². The number of esters is 1. The van der Waals surface area contributed by atoms with E-state index in [9.17, 15) is 9.90 Å². The molecular formula is C12H17N3O3. The highest BCUT2D eigenvalue weighted by Crippen LogP contribution is 2.25. The molecule has 0 bridgehead atoms. The molecule has 98 valence electrons. The Hall–Kier alpha value is -1.82. The van der Waals surface area contributed by atoms with Crippen molar-refractivity contribution in [2.75, 3.05) is 30.3 Å². The van der Waals surface area contributed by atoms with Crippen LogP contribution in [0.25, 0.3) is 0 Å². The molecule has 1 aliphatic heterocycles. The average Bonchev–Trinajstić information content (AvgIpc) is 2.76. The Balaban J connectivity index is 2.31. The fraction of sp³-hybridized carbons (Fsp3) is 0.500. The van der Waals surface area contributed by atoms with Crippen molar-refractivity contribution >= 4 is 17.5 Å². The van der Waals surface area contributed by atoms with Gasteiger partial charge >= 0.3 is 5.97 Å². The van der Waals surface area contributed by atoms with Gasteiger partial charge in [-0.1, -0.05) is 0 Å². The molecule has 1 aromatic heterocycles. The van der Waals surface area contributed by atoms with E-state index in [1.807, 2.05) is 4.90 Å². The van der Waals surface area contributed by atoms with Crippen LogP contribution in [0.3, 0.4) is 0 Å². The topological polar surface area (TPSA) is 88.7 Å². The Morgan fingerprint density at radius 2 is 2.50 bits per heavy atom. The van der Waals surface area contributed by atoms with E-state index in [2.05, 4.69) is 4.98 Å². The van der Waals surface area contributed by atoms with Crippen LogP contribution in [0.2, 0.25) is 0 Å². The van der Waals surface area contributed by atoms with Crippen molar-refractivity contribution in [3.8, 4) is 0 Å². The Kier molecular flexibility index (Phi) is 3.66. The minimum absolute atomic E-state index is 0.279. The second-order valence-electron chi connectivity index (χ2n) is 4.24. The molecule has 1 aliphatic rings. The molecule has 0 aliphatic carbocycles. The van der Waals surface area contributed by atoms with Crippen molar-refractivity contribution in [1.29, 1.82) is 0 Å². The summed E-state index contributed by atoms with van der Waals surface area (Å²) >= 11 is 0. The summed E-state index contributed by atoms with van der Waals surface area (Å²) in [5, 5.41) is 9.55. The number of hydrogen-bond acceptors (Lipinski definition) is 6. The van der Waals surface area contributed by atoms with E-state index < -0.39 is 5.97 Å². The second-order valence-corrected chi connectivity index (χ2v) is 4.24. The number of rotatable bonds is 3.